The number of phenols is 1. The molecule has 0 spiro atoms. The molecule has 3 fully saturated rings. The summed E-state index contributed by atoms with van der Waals surface area (Å²) in [6, 6.07) is 15.7. The highest BCUT2D eigenvalue weighted by molar-refractivity contribution is 5.93. The maximum Gasteiger partial charge on any atom is 0.229 e. The van der Waals surface area contributed by atoms with Crippen LogP contribution in [-0.4, -0.2) is 50.0 Å². The van der Waals surface area contributed by atoms with E-state index < -0.39 is 0 Å². The van der Waals surface area contributed by atoms with E-state index in [2.05, 4.69) is 65.6 Å². The molecule has 7 heteroatoms. The molecule has 4 atom stereocenters. The summed E-state index contributed by atoms with van der Waals surface area (Å²) in [7, 11) is 0. The van der Waals surface area contributed by atoms with Gasteiger partial charge in [0.2, 0.25) is 5.91 Å². The van der Waals surface area contributed by atoms with E-state index in [1.54, 1.807) is 24.3 Å². The SMILES string of the molecule is CC(C)(C)c1ccc(-c2cn(C[C@H]3C[C@@H]4CCN3C[C@@H]4C(=O)Nc3cccc(O)c3)nn2)cc1. The average molecular weight is 460 g/mol. The maximum atomic E-state index is 12.9. The molecule has 3 aromatic rings. The lowest BCUT2D eigenvalue weighted by Crippen LogP contribution is -2.57. The Morgan fingerprint density at radius 1 is 1.18 bits per heavy atom. The highest BCUT2D eigenvalue weighted by atomic mass is 16.3. The zero-order chi connectivity index (χ0) is 23.9. The van der Waals surface area contributed by atoms with Crippen molar-refractivity contribution >= 4 is 11.6 Å². The van der Waals surface area contributed by atoms with Gasteiger partial charge < -0.3 is 10.4 Å². The van der Waals surface area contributed by atoms with E-state index >= 15 is 0 Å². The number of anilines is 1. The van der Waals surface area contributed by atoms with Crippen LogP contribution in [0, 0.1) is 11.8 Å². The second kappa shape index (κ2) is 8.87. The number of carbonyl (C=O) groups excluding carboxylic acids is 1. The fourth-order valence-electron chi connectivity index (χ4n) is 5.32. The van der Waals surface area contributed by atoms with Crippen molar-refractivity contribution in [2.24, 2.45) is 11.8 Å². The first-order valence-electron chi connectivity index (χ1n) is 12.1. The van der Waals surface area contributed by atoms with Crippen LogP contribution in [0.4, 0.5) is 5.69 Å². The molecular formula is C27H33N5O2. The number of piperidine rings is 3. The standard InChI is InChI=1S/C27H33N5O2/c1-27(2,3)20-9-7-18(8-10-20)25-17-32(30-29-25)15-22-13-19-11-12-31(22)16-24(19)26(34)28-21-5-4-6-23(33)14-21/h4-10,14,17,19,22,24,33H,11-13,15-16H2,1-3H3,(H,28,34)/t19-,22+,24-/m0/s1. The van der Waals surface area contributed by atoms with E-state index in [-0.39, 0.29) is 23.0 Å². The molecule has 2 aromatic carbocycles. The molecule has 178 valence electrons. The first-order valence-corrected chi connectivity index (χ1v) is 12.1. The third kappa shape index (κ3) is 4.71. The normalized spacial score (nSPS) is 24.2. The van der Waals surface area contributed by atoms with Gasteiger partial charge in [0, 0.05) is 29.9 Å². The Balaban J connectivity index is 1.21. The third-order valence-electron chi connectivity index (χ3n) is 7.31. The molecule has 34 heavy (non-hydrogen) atoms. The summed E-state index contributed by atoms with van der Waals surface area (Å²) in [4.78, 5) is 15.4. The van der Waals surface area contributed by atoms with Crippen LogP contribution >= 0.6 is 0 Å². The Kier molecular flexibility index (Phi) is 5.90. The molecular weight excluding hydrogens is 426 g/mol. The zero-order valence-electron chi connectivity index (χ0n) is 20.1. The molecule has 7 nitrogen and oxygen atoms in total. The third-order valence-corrected chi connectivity index (χ3v) is 7.31. The van der Waals surface area contributed by atoms with Gasteiger partial charge in [0.25, 0.3) is 0 Å². The number of aromatic nitrogens is 3. The van der Waals surface area contributed by atoms with Gasteiger partial charge in [-0.3, -0.25) is 14.4 Å². The number of carbonyl (C=O) groups is 1. The lowest BCUT2D eigenvalue weighted by Gasteiger charge is -2.49. The number of benzene rings is 2. The smallest absolute Gasteiger partial charge is 0.229 e. The molecule has 1 aromatic heterocycles. The second-order valence-corrected chi connectivity index (χ2v) is 10.7. The fraction of sp³-hybridized carbons (Fsp3) is 0.444. The summed E-state index contributed by atoms with van der Waals surface area (Å²) in [6.45, 7) is 9.20. The van der Waals surface area contributed by atoms with E-state index in [0.717, 1.165) is 43.7 Å². The topological polar surface area (TPSA) is 83.3 Å². The van der Waals surface area contributed by atoms with Crippen molar-refractivity contribution < 1.29 is 9.90 Å². The zero-order valence-corrected chi connectivity index (χ0v) is 20.1. The Bertz CT molecular complexity index is 1160. The number of aromatic hydroxyl groups is 1. The highest BCUT2D eigenvalue weighted by Gasteiger charge is 2.43. The minimum atomic E-state index is -0.0278. The van der Waals surface area contributed by atoms with E-state index in [0.29, 0.717) is 17.6 Å². The second-order valence-electron chi connectivity index (χ2n) is 10.7. The molecule has 3 aliphatic rings. The average Bonchev–Trinajstić information content (AvgIpc) is 3.27. The summed E-state index contributed by atoms with van der Waals surface area (Å²) in [6.07, 6.45) is 4.05. The van der Waals surface area contributed by atoms with Crippen LogP contribution in [0.25, 0.3) is 11.3 Å². The minimum absolute atomic E-state index is 0.0278. The van der Waals surface area contributed by atoms with Crippen LogP contribution in [0.3, 0.4) is 0 Å². The summed E-state index contributed by atoms with van der Waals surface area (Å²) in [5.41, 5.74) is 4.04. The van der Waals surface area contributed by atoms with Crippen molar-refractivity contribution in [3.63, 3.8) is 0 Å². The number of nitrogens with one attached hydrogen (secondary N) is 1. The fourth-order valence-corrected chi connectivity index (χ4v) is 5.32. The van der Waals surface area contributed by atoms with Gasteiger partial charge in [-0.25, -0.2) is 0 Å². The quantitative estimate of drug-likeness (QED) is 0.595. The van der Waals surface area contributed by atoms with Gasteiger partial charge in [-0.05, 0) is 48.4 Å². The predicted octanol–water partition coefficient (Wildman–Crippen LogP) is 4.30. The molecule has 6 rings (SSSR count). The van der Waals surface area contributed by atoms with E-state index in [4.69, 9.17) is 0 Å². The molecule has 0 saturated carbocycles. The van der Waals surface area contributed by atoms with Crippen LogP contribution in [0.5, 0.6) is 5.75 Å². The highest BCUT2D eigenvalue weighted by Crippen LogP contribution is 2.37. The van der Waals surface area contributed by atoms with Crippen molar-refractivity contribution in [2.75, 3.05) is 18.4 Å². The molecule has 2 N–H and O–H groups in total. The van der Waals surface area contributed by atoms with Crippen molar-refractivity contribution in [3.8, 4) is 17.0 Å². The molecule has 1 amide bonds. The largest absolute Gasteiger partial charge is 0.508 e. The predicted molar refractivity (Wildman–Crippen MR) is 132 cm³/mol. The number of nitrogens with zero attached hydrogens (tertiary/aromatic N) is 4. The molecule has 2 bridgehead atoms. The van der Waals surface area contributed by atoms with Crippen molar-refractivity contribution in [2.45, 2.75) is 51.6 Å². The van der Waals surface area contributed by atoms with Crippen LogP contribution in [-0.2, 0) is 16.8 Å². The summed E-state index contributed by atoms with van der Waals surface area (Å²) in [5, 5.41) is 21.5. The van der Waals surface area contributed by atoms with Crippen LogP contribution in [0.2, 0.25) is 0 Å². The van der Waals surface area contributed by atoms with Gasteiger partial charge >= 0.3 is 0 Å². The number of hydrogen-bond donors (Lipinski definition) is 2. The van der Waals surface area contributed by atoms with Gasteiger partial charge in [0.15, 0.2) is 0 Å². The Labute approximate surface area is 200 Å². The van der Waals surface area contributed by atoms with Crippen LogP contribution < -0.4 is 5.32 Å². The molecule has 3 aliphatic heterocycles. The Morgan fingerprint density at radius 3 is 2.65 bits per heavy atom. The number of rotatable bonds is 5. The van der Waals surface area contributed by atoms with Gasteiger partial charge in [-0.15, -0.1) is 5.10 Å². The first kappa shape index (κ1) is 22.6. The number of hydrogen-bond acceptors (Lipinski definition) is 5. The van der Waals surface area contributed by atoms with Crippen molar-refractivity contribution in [3.05, 3.63) is 60.3 Å². The van der Waals surface area contributed by atoms with Crippen molar-refractivity contribution in [1.82, 2.24) is 19.9 Å². The lowest BCUT2D eigenvalue weighted by molar-refractivity contribution is -0.127. The van der Waals surface area contributed by atoms with E-state index in [1.165, 1.54) is 5.56 Å². The monoisotopic (exact) mass is 459 g/mol. The lowest BCUT2D eigenvalue weighted by atomic mass is 9.75. The van der Waals surface area contributed by atoms with Crippen LogP contribution in [0.15, 0.2) is 54.7 Å². The number of amides is 1. The van der Waals surface area contributed by atoms with Gasteiger partial charge in [0.05, 0.1) is 18.7 Å². The summed E-state index contributed by atoms with van der Waals surface area (Å²) in [5.74, 6) is 0.532. The molecule has 4 heterocycles. The molecule has 1 unspecified atom stereocenters. The van der Waals surface area contributed by atoms with E-state index in [9.17, 15) is 9.90 Å². The molecule has 0 radical (unpaired) electrons. The first-order chi connectivity index (χ1) is 16.3. The number of fused-ring (bicyclic) bond motifs is 3. The number of phenolic OH excluding ortho intramolecular Hbond substituents is 1. The molecule has 3 saturated heterocycles. The molecule has 0 aliphatic carbocycles. The van der Waals surface area contributed by atoms with Gasteiger partial charge in [0.1, 0.15) is 11.4 Å². The van der Waals surface area contributed by atoms with Crippen molar-refractivity contribution in [1.29, 1.82) is 0 Å². The minimum Gasteiger partial charge on any atom is -0.508 e. The summed E-state index contributed by atoms with van der Waals surface area (Å²) < 4.78 is 1.94. The Morgan fingerprint density at radius 2 is 1.97 bits per heavy atom. The maximum absolute atomic E-state index is 12.9. The Hall–Kier alpha value is -3.19. The van der Waals surface area contributed by atoms with Crippen LogP contribution in [0.1, 0.15) is 39.2 Å². The summed E-state index contributed by atoms with van der Waals surface area (Å²) >= 11 is 0. The van der Waals surface area contributed by atoms with Gasteiger partial charge in [-0.1, -0.05) is 56.3 Å². The van der Waals surface area contributed by atoms with E-state index in [1.807, 2.05) is 10.9 Å². The van der Waals surface area contributed by atoms with Gasteiger partial charge in [-0.2, -0.15) is 0 Å².